The van der Waals surface area contributed by atoms with E-state index >= 15 is 0 Å². The largest absolute Gasteiger partial charge is 0.444 e. The molecule has 1 heterocycles. The first-order chi connectivity index (χ1) is 13.3. The van der Waals surface area contributed by atoms with Gasteiger partial charge in [0.2, 0.25) is 0 Å². The van der Waals surface area contributed by atoms with Gasteiger partial charge < -0.3 is 9.64 Å². The number of benzene rings is 1. The Morgan fingerprint density at radius 2 is 1.79 bits per heavy atom. The van der Waals surface area contributed by atoms with E-state index in [1.165, 1.54) is 16.7 Å². The van der Waals surface area contributed by atoms with Gasteiger partial charge in [-0.3, -0.25) is 0 Å². The number of amides is 1. The number of rotatable bonds is 2. The first-order valence-electron chi connectivity index (χ1n) is 10.6. The summed E-state index contributed by atoms with van der Waals surface area (Å²) in [5.74, 6) is 0. The van der Waals surface area contributed by atoms with Crippen molar-refractivity contribution >= 4 is 17.1 Å². The fraction of sp³-hybridized carbons (Fsp3) is 0.696. The molecule has 0 radical (unpaired) electrons. The lowest BCUT2D eigenvalue weighted by atomic mass is 9.73. The number of carbonyl (C=O) groups excluding carboxylic acids is 1. The molecule has 1 saturated heterocycles. The highest BCUT2D eigenvalue weighted by Crippen LogP contribution is 2.52. The molecule has 0 bridgehead atoms. The molecule has 0 saturated carbocycles. The molecular weight excluding hydrogens is 384 g/mol. The maximum atomic E-state index is 13.0. The molecule has 2 atom stereocenters. The molecule has 6 heteroatoms. The number of aryl methyl sites for hydroxylation is 1. The molecule has 1 aromatic rings. The van der Waals surface area contributed by atoms with Crippen LogP contribution in [0.1, 0.15) is 77.1 Å². The van der Waals surface area contributed by atoms with Crippen LogP contribution < -0.4 is 4.72 Å². The SMILES string of the molecule is Cc1ccc2c(c1)[C@H](N[S@@](=O)C(C)(C)C)C1(CCN(C(=O)OC(C)(C)C)CC1)C2. The standard InChI is InChI=1S/C23H36N2O3S/c1-16-8-9-17-15-23(19(18(17)14-16)24-29(27)22(5,6)7)10-12-25(13-11-23)20(26)28-21(2,3)4/h8-9,14,19,24H,10-13,15H2,1-7H3/t19-,29-/m0/s1. The van der Waals surface area contributed by atoms with Crippen LogP contribution in [0.4, 0.5) is 4.79 Å². The normalized spacial score (nSPS) is 22.4. The van der Waals surface area contributed by atoms with E-state index in [1.807, 2.05) is 46.4 Å². The summed E-state index contributed by atoms with van der Waals surface area (Å²) in [5, 5.41) is 0. The monoisotopic (exact) mass is 420 g/mol. The van der Waals surface area contributed by atoms with Gasteiger partial charge >= 0.3 is 6.09 Å². The average Bonchev–Trinajstić information content (AvgIpc) is 2.86. The Morgan fingerprint density at radius 3 is 2.34 bits per heavy atom. The molecule has 1 fully saturated rings. The van der Waals surface area contributed by atoms with E-state index in [0.29, 0.717) is 13.1 Å². The van der Waals surface area contributed by atoms with Crippen molar-refractivity contribution in [3.05, 3.63) is 34.9 Å². The number of likely N-dealkylation sites (tertiary alicyclic amines) is 1. The Labute approximate surface area is 178 Å². The summed E-state index contributed by atoms with van der Waals surface area (Å²) in [5.41, 5.74) is 3.33. The first-order valence-corrected chi connectivity index (χ1v) is 11.7. The lowest BCUT2D eigenvalue weighted by Gasteiger charge is -2.44. The summed E-state index contributed by atoms with van der Waals surface area (Å²) in [7, 11) is -1.15. The number of nitrogens with zero attached hydrogens (tertiary/aromatic N) is 1. The average molecular weight is 421 g/mol. The van der Waals surface area contributed by atoms with Gasteiger partial charge in [0.05, 0.1) is 21.8 Å². The van der Waals surface area contributed by atoms with Crippen LogP contribution in [0.5, 0.6) is 0 Å². The van der Waals surface area contributed by atoms with Crippen molar-refractivity contribution < 1.29 is 13.7 Å². The second kappa shape index (κ2) is 7.69. The second-order valence-electron chi connectivity index (χ2n) is 10.6. The molecule has 2 aliphatic rings. The van der Waals surface area contributed by atoms with Crippen LogP contribution in [-0.2, 0) is 22.1 Å². The summed E-state index contributed by atoms with van der Waals surface area (Å²) in [6.07, 6.45) is 2.48. The number of hydrogen-bond acceptors (Lipinski definition) is 3. The molecule has 29 heavy (non-hydrogen) atoms. The summed E-state index contributed by atoms with van der Waals surface area (Å²) in [4.78, 5) is 14.3. The van der Waals surface area contributed by atoms with Gasteiger partial charge in [0.15, 0.2) is 0 Å². The Kier molecular flexibility index (Phi) is 5.91. The zero-order valence-electron chi connectivity index (χ0n) is 18.9. The first kappa shape index (κ1) is 22.3. The highest BCUT2D eigenvalue weighted by Gasteiger charge is 2.49. The van der Waals surface area contributed by atoms with E-state index in [4.69, 9.17) is 4.74 Å². The number of nitrogens with one attached hydrogen (secondary N) is 1. The minimum Gasteiger partial charge on any atom is -0.444 e. The second-order valence-corrected chi connectivity index (χ2v) is 12.6. The maximum absolute atomic E-state index is 13.0. The summed E-state index contributed by atoms with van der Waals surface area (Å²) >= 11 is 0. The number of piperidine rings is 1. The van der Waals surface area contributed by atoms with Crippen LogP contribution in [-0.4, -0.2) is 38.6 Å². The predicted molar refractivity (Wildman–Crippen MR) is 118 cm³/mol. The van der Waals surface area contributed by atoms with E-state index in [0.717, 1.165) is 19.3 Å². The van der Waals surface area contributed by atoms with Crippen LogP contribution in [0.15, 0.2) is 18.2 Å². The van der Waals surface area contributed by atoms with Crippen molar-refractivity contribution in [1.29, 1.82) is 0 Å². The quantitative estimate of drug-likeness (QED) is 0.757. The molecule has 5 nitrogen and oxygen atoms in total. The van der Waals surface area contributed by atoms with Crippen molar-refractivity contribution in [2.24, 2.45) is 5.41 Å². The van der Waals surface area contributed by atoms with E-state index in [2.05, 4.69) is 29.8 Å². The van der Waals surface area contributed by atoms with Crippen molar-refractivity contribution in [1.82, 2.24) is 9.62 Å². The van der Waals surface area contributed by atoms with Gasteiger partial charge in [-0.25, -0.2) is 13.7 Å². The number of hydrogen-bond donors (Lipinski definition) is 1. The van der Waals surface area contributed by atoms with Gasteiger partial charge in [-0.2, -0.15) is 0 Å². The van der Waals surface area contributed by atoms with Gasteiger partial charge in [-0.05, 0) is 84.3 Å². The van der Waals surface area contributed by atoms with Crippen molar-refractivity contribution in [3.63, 3.8) is 0 Å². The van der Waals surface area contributed by atoms with E-state index in [-0.39, 0.29) is 22.3 Å². The summed E-state index contributed by atoms with van der Waals surface area (Å²) in [6, 6.07) is 6.65. The number of fused-ring (bicyclic) bond motifs is 1. The number of ether oxygens (including phenoxy) is 1. The van der Waals surface area contributed by atoms with Crippen LogP contribution in [0.2, 0.25) is 0 Å². The molecule has 1 aliphatic heterocycles. The van der Waals surface area contributed by atoms with Crippen LogP contribution >= 0.6 is 0 Å². The molecule has 1 aliphatic carbocycles. The summed E-state index contributed by atoms with van der Waals surface area (Å²) < 4.78 is 21.7. The maximum Gasteiger partial charge on any atom is 0.410 e. The predicted octanol–water partition coefficient (Wildman–Crippen LogP) is 4.66. The van der Waals surface area contributed by atoms with E-state index < -0.39 is 16.6 Å². The Bertz CT molecular complexity index is 799. The van der Waals surface area contributed by atoms with Gasteiger partial charge in [0.1, 0.15) is 5.60 Å². The Hall–Kier alpha value is -1.40. The fourth-order valence-corrected chi connectivity index (χ4v) is 5.30. The Balaban J connectivity index is 1.82. The third-order valence-electron chi connectivity index (χ3n) is 5.96. The smallest absolute Gasteiger partial charge is 0.410 e. The zero-order chi connectivity index (χ0) is 21.6. The molecule has 0 aromatic heterocycles. The lowest BCUT2D eigenvalue weighted by Crippen LogP contribution is -2.49. The molecule has 3 rings (SSSR count). The van der Waals surface area contributed by atoms with Crippen LogP contribution in [0.25, 0.3) is 0 Å². The highest BCUT2D eigenvalue weighted by atomic mass is 32.2. The molecule has 1 amide bonds. The Morgan fingerprint density at radius 1 is 1.17 bits per heavy atom. The van der Waals surface area contributed by atoms with Crippen LogP contribution in [0, 0.1) is 12.3 Å². The molecule has 0 unspecified atom stereocenters. The van der Waals surface area contributed by atoms with E-state index in [9.17, 15) is 9.00 Å². The zero-order valence-corrected chi connectivity index (χ0v) is 19.7. The molecular formula is C23H36N2O3S. The number of carbonyl (C=O) groups is 1. The van der Waals surface area contributed by atoms with Gasteiger partial charge in [0, 0.05) is 13.1 Å². The molecule has 1 spiro atoms. The van der Waals surface area contributed by atoms with Gasteiger partial charge in [-0.15, -0.1) is 0 Å². The highest BCUT2D eigenvalue weighted by molar-refractivity contribution is 7.84. The fourth-order valence-electron chi connectivity index (χ4n) is 4.35. The minimum absolute atomic E-state index is 0.0183. The lowest BCUT2D eigenvalue weighted by molar-refractivity contribution is 0.00724. The van der Waals surface area contributed by atoms with Gasteiger partial charge in [-0.1, -0.05) is 23.8 Å². The van der Waals surface area contributed by atoms with Crippen molar-refractivity contribution in [2.45, 2.75) is 84.1 Å². The van der Waals surface area contributed by atoms with Crippen LogP contribution in [0.3, 0.4) is 0 Å². The van der Waals surface area contributed by atoms with E-state index in [1.54, 1.807) is 0 Å². The summed E-state index contributed by atoms with van der Waals surface area (Å²) in [6.45, 7) is 15.1. The third kappa shape index (κ3) is 4.85. The molecule has 1 N–H and O–H groups in total. The molecule has 1 aromatic carbocycles. The topological polar surface area (TPSA) is 58.6 Å². The van der Waals surface area contributed by atoms with Crippen molar-refractivity contribution in [3.8, 4) is 0 Å². The minimum atomic E-state index is -1.15. The third-order valence-corrected chi connectivity index (χ3v) is 7.52. The molecule has 162 valence electrons. The van der Waals surface area contributed by atoms with Crippen molar-refractivity contribution in [2.75, 3.05) is 13.1 Å². The van der Waals surface area contributed by atoms with Gasteiger partial charge in [0.25, 0.3) is 0 Å².